The molecule has 1 fully saturated rings. The van der Waals surface area contributed by atoms with E-state index in [4.69, 9.17) is 9.15 Å². The zero-order valence-corrected chi connectivity index (χ0v) is 22.1. The smallest absolute Gasteiger partial charge is 0.322 e. The lowest BCUT2D eigenvalue weighted by Gasteiger charge is -2.30. The average Bonchev–Trinajstić information content (AvgIpc) is 3.37. The third-order valence-electron chi connectivity index (χ3n) is 6.06. The van der Waals surface area contributed by atoms with Gasteiger partial charge in [-0.3, -0.25) is 10.1 Å². The number of ether oxygens (including phenoxy) is 1. The van der Waals surface area contributed by atoms with Gasteiger partial charge in [-0.15, -0.1) is 5.10 Å². The maximum atomic E-state index is 12.9. The van der Waals surface area contributed by atoms with Gasteiger partial charge in [0.25, 0.3) is 0 Å². The van der Waals surface area contributed by atoms with Gasteiger partial charge in [0, 0.05) is 38.7 Å². The number of amides is 1. The van der Waals surface area contributed by atoms with Gasteiger partial charge in [0.15, 0.2) is 0 Å². The van der Waals surface area contributed by atoms with Gasteiger partial charge in [-0.25, -0.2) is 21.1 Å². The van der Waals surface area contributed by atoms with E-state index in [1.54, 1.807) is 12.1 Å². The maximum absolute atomic E-state index is 12.9. The summed E-state index contributed by atoms with van der Waals surface area (Å²) in [5.74, 6) is -0.0883. The Morgan fingerprint density at radius 2 is 1.57 bits per heavy atom. The van der Waals surface area contributed by atoms with E-state index in [1.165, 1.54) is 61.9 Å². The number of nitrogens with zero attached hydrogens (tertiary/aromatic N) is 4. The van der Waals surface area contributed by atoms with Crippen molar-refractivity contribution in [1.29, 1.82) is 0 Å². The molecule has 37 heavy (non-hydrogen) atoms. The highest BCUT2D eigenvalue weighted by molar-refractivity contribution is 7.89. The zero-order chi connectivity index (χ0) is 26.8. The Balaban J connectivity index is 1.35. The number of carbonyl (C=O) groups is 1. The van der Waals surface area contributed by atoms with Crippen molar-refractivity contribution in [3.63, 3.8) is 0 Å². The number of benzene rings is 2. The molecule has 0 unspecified atom stereocenters. The summed E-state index contributed by atoms with van der Waals surface area (Å²) in [4.78, 5) is 13.0. The van der Waals surface area contributed by atoms with Crippen LogP contribution in [-0.4, -0.2) is 75.8 Å². The van der Waals surface area contributed by atoms with E-state index in [0.29, 0.717) is 24.2 Å². The minimum absolute atomic E-state index is 0.0988. The number of rotatable bonds is 8. The molecule has 2 aromatic carbocycles. The first-order valence-corrected chi connectivity index (χ1v) is 14.2. The number of methoxy groups -OCH3 is 1. The third kappa shape index (κ3) is 5.66. The molecule has 1 amide bonds. The van der Waals surface area contributed by atoms with Gasteiger partial charge < -0.3 is 9.15 Å². The molecule has 0 spiro atoms. The van der Waals surface area contributed by atoms with Gasteiger partial charge in [-0.05, 0) is 61.4 Å². The topological polar surface area (TPSA) is 152 Å². The Morgan fingerprint density at radius 3 is 2.14 bits per heavy atom. The van der Waals surface area contributed by atoms with Crippen LogP contribution >= 0.6 is 0 Å². The van der Waals surface area contributed by atoms with Crippen LogP contribution in [0.25, 0.3) is 11.5 Å². The van der Waals surface area contributed by atoms with E-state index in [0.717, 1.165) is 4.31 Å². The number of piperidine rings is 1. The molecule has 198 valence electrons. The molecule has 1 N–H and O–H groups in total. The number of sulfonamides is 2. The lowest BCUT2D eigenvalue weighted by Crippen LogP contribution is -2.41. The predicted octanol–water partition coefficient (Wildman–Crippen LogP) is 2.03. The summed E-state index contributed by atoms with van der Waals surface area (Å²) in [5.41, 5.74) is 0.489. The Bertz CT molecular complexity index is 1460. The number of carbonyl (C=O) groups excluding carboxylic acids is 1. The van der Waals surface area contributed by atoms with Gasteiger partial charge in [-0.2, -0.15) is 4.31 Å². The highest BCUT2D eigenvalue weighted by atomic mass is 32.2. The lowest BCUT2D eigenvalue weighted by atomic mass is 9.97. The molecule has 1 aromatic heterocycles. The van der Waals surface area contributed by atoms with Crippen molar-refractivity contribution in [2.45, 2.75) is 22.6 Å². The van der Waals surface area contributed by atoms with Crippen molar-refractivity contribution < 1.29 is 30.8 Å². The predicted molar refractivity (Wildman–Crippen MR) is 134 cm³/mol. The van der Waals surface area contributed by atoms with Crippen molar-refractivity contribution in [1.82, 2.24) is 18.8 Å². The van der Waals surface area contributed by atoms with Crippen molar-refractivity contribution in [3.8, 4) is 17.2 Å². The summed E-state index contributed by atoms with van der Waals surface area (Å²) < 4.78 is 63.3. The van der Waals surface area contributed by atoms with E-state index < -0.39 is 26.0 Å². The van der Waals surface area contributed by atoms with Crippen molar-refractivity contribution in [2.24, 2.45) is 5.92 Å². The van der Waals surface area contributed by atoms with Crippen LogP contribution < -0.4 is 10.1 Å². The molecule has 0 atom stereocenters. The van der Waals surface area contributed by atoms with E-state index >= 15 is 0 Å². The molecule has 0 saturated carbocycles. The Kier molecular flexibility index (Phi) is 7.64. The van der Waals surface area contributed by atoms with Gasteiger partial charge in [0.2, 0.25) is 31.8 Å². The summed E-state index contributed by atoms with van der Waals surface area (Å²) in [6, 6.07) is 12.0. The van der Waals surface area contributed by atoms with Gasteiger partial charge in [-0.1, -0.05) is 5.10 Å². The van der Waals surface area contributed by atoms with E-state index in [1.807, 2.05) is 0 Å². The third-order valence-corrected chi connectivity index (χ3v) is 9.80. The first kappa shape index (κ1) is 26.7. The van der Waals surface area contributed by atoms with Crippen LogP contribution in [0.2, 0.25) is 0 Å². The molecule has 14 heteroatoms. The highest BCUT2D eigenvalue weighted by Crippen LogP contribution is 2.27. The quantitative estimate of drug-likeness (QED) is 0.445. The molecule has 12 nitrogen and oxygen atoms in total. The summed E-state index contributed by atoms with van der Waals surface area (Å²) in [7, 11) is -2.85. The molecule has 1 aliphatic heterocycles. The normalized spacial score (nSPS) is 15.6. The second-order valence-electron chi connectivity index (χ2n) is 8.57. The van der Waals surface area contributed by atoms with E-state index in [-0.39, 0.29) is 40.7 Å². The molecule has 1 saturated heterocycles. The molecule has 2 heterocycles. The largest absolute Gasteiger partial charge is 0.497 e. The van der Waals surface area contributed by atoms with Crippen LogP contribution in [-0.2, 0) is 24.8 Å². The van der Waals surface area contributed by atoms with Crippen molar-refractivity contribution >= 4 is 32.0 Å². The van der Waals surface area contributed by atoms with E-state index in [9.17, 15) is 21.6 Å². The molecule has 0 bridgehead atoms. The Hall–Kier alpha value is -3.33. The lowest BCUT2D eigenvalue weighted by molar-refractivity contribution is -0.121. The van der Waals surface area contributed by atoms with Crippen molar-refractivity contribution in [3.05, 3.63) is 48.5 Å². The van der Waals surface area contributed by atoms with Crippen LogP contribution in [0, 0.1) is 5.92 Å². The Morgan fingerprint density at radius 1 is 0.973 bits per heavy atom. The second-order valence-corrected chi connectivity index (χ2v) is 12.7. The fourth-order valence-corrected chi connectivity index (χ4v) is 6.20. The van der Waals surface area contributed by atoms with E-state index in [2.05, 4.69) is 15.5 Å². The minimum Gasteiger partial charge on any atom is -0.497 e. The summed E-state index contributed by atoms with van der Waals surface area (Å²) >= 11 is 0. The molecule has 1 aliphatic rings. The molecular weight excluding hydrogens is 522 g/mol. The van der Waals surface area contributed by atoms with Gasteiger partial charge >= 0.3 is 6.01 Å². The fourth-order valence-electron chi connectivity index (χ4n) is 3.83. The summed E-state index contributed by atoms with van der Waals surface area (Å²) in [5, 5.41) is 10.3. The summed E-state index contributed by atoms with van der Waals surface area (Å²) in [6.45, 7) is 0.396. The number of anilines is 1. The molecule has 0 aliphatic carbocycles. The number of hydrogen-bond donors (Lipinski definition) is 1. The first-order chi connectivity index (χ1) is 17.5. The SMILES string of the molecule is COc1ccc(S(=O)(=O)N2CCC(C(=O)Nc3nnc(-c4ccc(S(=O)(=O)N(C)C)cc4)o3)CC2)cc1. The monoisotopic (exact) mass is 549 g/mol. The second kappa shape index (κ2) is 10.6. The van der Waals surface area contributed by atoms with Gasteiger partial charge in [0.05, 0.1) is 16.9 Å². The van der Waals surface area contributed by atoms with Crippen LogP contribution in [0.15, 0.2) is 62.7 Å². The van der Waals surface area contributed by atoms with Crippen molar-refractivity contribution in [2.75, 3.05) is 39.6 Å². The Labute approximate surface area is 215 Å². The van der Waals surface area contributed by atoms with Gasteiger partial charge in [0.1, 0.15) is 5.75 Å². The number of nitrogens with one attached hydrogen (secondary N) is 1. The molecule has 4 rings (SSSR count). The molecule has 0 radical (unpaired) electrons. The molecular formula is C23H27N5O7S2. The highest BCUT2D eigenvalue weighted by Gasteiger charge is 2.32. The zero-order valence-electron chi connectivity index (χ0n) is 20.5. The average molecular weight is 550 g/mol. The van der Waals surface area contributed by atoms with Crippen LogP contribution in [0.1, 0.15) is 12.8 Å². The van der Waals surface area contributed by atoms with Crippen LogP contribution in [0.3, 0.4) is 0 Å². The maximum Gasteiger partial charge on any atom is 0.322 e. The standard InChI is InChI=1S/C23H27N5O7S2/c1-27(2)36(30,31)19-8-4-17(5-9-19)22-25-26-23(35-22)24-21(29)16-12-14-28(15-13-16)37(32,33)20-10-6-18(34-3)7-11-20/h4-11,16H,12-15H2,1-3H3,(H,24,26,29). The minimum atomic E-state index is -3.67. The fraction of sp³-hybridized carbons (Fsp3) is 0.348. The summed E-state index contributed by atoms with van der Waals surface area (Å²) in [6.07, 6.45) is 0.675. The number of hydrogen-bond acceptors (Lipinski definition) is 9. The number of aromatic nitrogens is 2. The molecule has 3 aromatic rings. The van der Waals surface area contributed by atoms with Crippen LogP contribution in [0.5, 0.6) is 5.75 Å². The first-order valence-electron chi connectivity index (χ1n) is 11.3. The van der Waals surface area contributed by atoms with Crippen LogP contribution in [0.4, 0.5) is 6.01 Å².